The number of hydrogen-bond donors (Lipinski definition) is 1. The molecule has 1 saturated heterocycles. The number of ether oxygens (including phenoxy) is 1. The first-order chi connectivity index (χ1) is 7.91. The molecule has 1 fully saturated rings. The van der Waals surface area contributed by atoms with Crippen LogP contribution in [0, 0.1) is 27.7 Å². The van der Waals surface area contributed by atoms with E-state index in [0.29, 0.717) is 6.42 Å². The highest BCUT2D eigenvalue weighted by atomic mass is 16.6. The molecule has 0 aromatic heterocycles. The number of rotatable bonds is 1. The molecule has 3 nitrogen and oxygen atoms in total. The van der Waals surface area contributed by atoms with Crippen molar-refractivity contribution >= 4 is 5.97 Å². The van der Waals surface area contributed by atoms with Crippen molar-refractivity contribution in [2.24, 2.45) is 5.73 Å². The van der Waals surface area contributed by atoms with Gasteiger partial charge in [0.2, 0.25) is 0 Å². The van der Waals surface area contributed by atoms with Gasteiger partial charge in [-0.1, -0.05) is 6.07 Å². The van der Waals surface area contributed by atoms with Gasteiger partial charge in [0.15, 0.2) is 0 Å². The summed E-state index contributed by atoms with van der Waals surface area (Å²) in [4.78, 5) is 11.4. The van der Waals surface area contributed by atoms with Crippen LogP contribution < -0.4 is 5.73 Å². The van der Waals surface area contributed by atoms with Crippen molar-refractivity contribution in [3.8, 4) is 0 Å². The van der Waals surface area contributed by atoms with Crippen molar-refractivity contribution in [2.75, 3.05) is 0 Å². The van der Waals surface area contributed by atoms with E-state index in [1.165, 1.54) is 22.3 Å². The topological polar surface area (TPSA) is 52.3 Å². The van der Waals surface area contributed by atoms with Gasteiger partial charge in [-0.25, -0.2) is 0 Å². The predicted molar refractivity (Wildman–Crippen MR) is 66.8 cm³/mol. The lowest BCUT2D eigenvalue weighted by atomic mass is 9.89. The van der Waals surface area contributed by atoms with E-state index in [9.17, 15) is 4.79 Å². The minimum Gasteiger partial charge on any atom is -0.456 e. The van der Waals surface area contributed by atoms with Crippen molar-refractivity contribution < 1.29 is 9.53 Å². The van der Waals surface area contributed by atoms with Crippen molar-refractivity contribution in [3.63, 3.8) is 0 Å². The number of esters is 1. The zero-order chi connectivity index (χ0) is 12.7. The minimum atomic E-state index is -0.473. The second kappa shape index (κ2) is 4.15. The smallest absolute Gasteiger partial charge is 0.323 e. The molecule has 17 heavy (non-hydrogen) atoms. The Bertz CT molecular complexity index is 453. The van der Waals surface area contributed by atoms with Crippen LogP contribution in [0.25, 0.3) is 0 Å². The van der Waals surface area contributed by atoms with E-state index in [4.69, 9.17) is 10.5 Å². The van der Waals surface area contributed by atoms with Gasteiger partial charge >= 0.3 is 5.97 Å². The van der Waals surface area contributed by atoms with Gasteiger partial charge < -0.3 is 10.5 Å². The van der Waals surface area contributed by atoms with Crippen LogP contribution in [0.15, 0.2) is 6.07 Å². The zero-order valence-electron chi connectivity index (χ0n) is 10.8. The van der Waals surface area contributed by atoms with Gasteiger partial charge in [0.25, 0.3) is 0 Å². The maximum absolute atomic E-state index is 11.4. The van der Waals surface area contributed by atoms with Crippen LogP contribution in [0.2, 0.25) is 0 Å². The average Bonchev–Trinajstić information content (AvgIpc) is 2.57. The molecule has 0 amide bonds. The number of hydrogen-bond acceptors (Lipinski definition) is 3. The monoisotopic (exact) mass is 233 g/mol. The molecule has 2 unspecified atom stereocenters. The highest BCUT2D eigenvalue weighted by molar-refractivity contribution is 5.78. The Kier molecular flexibility index (Phi) is 2.96. The third kappa shape index (κ3) is 1.95. The van der Waals surface area contributed by atoms with Gasteiger partial charge in [-0.15, -0.1) is 0 Å². The largest absolute Gasteiger partial charge is 0.456 e. The fourth-order valence-corrected chi connectivity index (χ4v) is 2.51. The van der Waals surface area contributed by atoms with Gasteiger partial charge in [-0.05, 0) is 55.5 Å². The van der Waals surface area contributed by atoms with Crippen molar-refractivity contribution in [3.05, 3.63) is 33.9 Å². The second-order valence-electron chi connectivity index (χ2n) is 4.94. The standard InChI is InChI=1S/C14H19NO2/c1-7-5-8(2)10(4)13(9(7)3)12-6-11(15)14(16)17-12/h5,11-12H,6,15H2,1-4H3. The summed E-state index contributed by atoms with van der Waals surface area (Å²) in [7, 11) is 0. The van der Waals surface area contributed by atoms with E-state index in [0.717, 1.165) is 5.56 Å². The van der Waals surface area contributed by atoms with Gasteiger partial charge in [-0.3, -0.25) is 4.79 Å². The van der Waals surface area contributed by atoms with E-state index < -0.39 is 6.04 Å². The SMILES string of the molecule is Cc1cc(C)c(C)c(C2CC(N)C(=O)O2)c1C. The fraction of sp³-hybridized carbons (Fsp3) is 0.500. The van der Waals surface area contributed by atoms with Crippen LogP contribution in [0.4, 0.5) is 0 Å². The third-order valence-corrected chi connectivity index (χ3v) is 3.78. The maximum Gasteiger partial charge on any atom is 0.323 e. The molecule has 0 saturated carbocycles. The normalized spacial score (nSPS) is 23.9. The van der Waals surface area contributed by atoms with Crippen LogP contribution in [-0.2, 0) is 9.53 Å². The van der Waals surface area contributed by atoms with E-state index in [2.05, 4.69) is 33.8 Å². The number of aryl methyl sites for hydroxylation is 2. The molecule has 92 valence electrons. The number of carbonyl (C=O) groups excluding carboxylic acids is 1. The molecule has 0 aliphatic carbocycles. The molecule has 1 aromatic rings. The predicted octanol–water partition coefficient (Wildman–Crippen LogP) is 2.24. The molecule has 0 bridgehead atoms. The highest BCUT2D eigenvalue weighted by Crippen LogP contribution is 2.35. The number of benzene rings is 1. The van der Waals surface area contributed by atoms with Crippen LogP contribution >= 0.6 is 0 Å². The van der Waals surface area contributed by atoms with E-state index in [1.54, 1.807) is 0 Å². The maximum atomic E-state index is 11.4. The summed E-state index contributed by atoms with van der Waals surface area (Å²) in [6, 6.07) is 1.70. The summed E-state index contributed by atoms with van der Waals surface area (Å²) in [5.41, 5.74) is 11.7. The summed E-state index contributed by atoms with van der Waals surface area (Å²) in [5.74, 6) is -0.284. The van der Waals surface area contributed by atoms with Crippen molar-refractivity contribution in [1.29, 1.82) is 0 Å². The van der Waals surface area contributed by atoms with E-state index >= 15 is 0 Å². The molecule has 1 heterocycles. The van der Waals surface area contributed by atoms with Crippen LogP contribution in [-0.4, -0.2) is 12.0 Å². The zero-order valence-corrected chi connectivity index (χ0v) is 10.8. The molecule has 0 spiro atoms. The fourth-order valence-electron chi connectivity index (χ4n) is 2.51. The quantitative estimate of drug-likeness (QED) is 0.757. The van der Waals surface area contributed by atoms with Gasteiger partial charge in [-0.2, -0.15) is 0 Å². The van der Waals surface area contributed by atoms with Crippen molar-refractivity contribution in [1.82, 2.24) is 0 Å². The van der Waals surface area contributed by atoms with Crippen molar-refractivity contribution in [2.45, 2.75) is 46.3 Å². The first-order valence-corrected chi connectivity index (χ1v) is 5.95. The van der Waals surface area contributed by atoms with Gasteiger partial charge in [0.1, 0.15) is 12.1 Å². The lowest BCUT2D eigenvalue weighted by Crippen LogP contribution is -2.24. The molecule has 1 aliphatic rings. The summed E-state index contributed by atoms with van der Waals surface area (Å²) in [6.45, 7) is 8.33. The molecule has 0 radical (unpaired) electrons. The second-order valence-corrected chi connectivity index (χ2v) is 4.94. The lowest BCUT2D eigenvalue weighted by Gasteiger charge is -2.19. The Morgan fingerprint density at radius 3 is 2.12 bits per heavy atom. The Hall–Kier alpha value is -1.35. The Morgan fingerprint density at radius 1 is 1.18 bits per heavy atom. The highest BCUT2D eigenvalue weighted by Gasteiger charge is 2.34. The third-order valence-electron chi connectivity index (χ3n) is 3.78. The molecule has 3 heteroatoms. The van der Waals surface area contributed by atoms with Crippen LogP contribution in [0.5, 0.6) is 0 Å². The molecular weight excluding hydrogens is 214 g/mol. The molecule has 1 aliphatic heterocycles. The number of nitrogens with two attached hydrogens (primary N) is 1. The van der Waals surface area contributed by atoms with Gasteiger partial charge in [0, 0.05) is 6.42 Å². The van der Waals surface area contributed by atoms with E-state index in [1.807, 2.05) is 0 Å². The summed E-state index contributed by atoms with van der Waals surface area (Å²) in [6.07, 6.45) is 0.416. The first-order valence-electron chi connectivity index (χ1n) is 5.95. The first kappa shape index (κ1) is 12.1. The molecule has 2 rings (SSSR count). The Morgan fingerprint density at radius 2 is 1.71 bits per heavy atom. The summed E-state index contributed by atoms with van der Waals surface area (Å²) in [5, 5.41) is 0. The molecule has 1 aromatic carbocycles. The number of cyclic esters (lactones) is 1. The number of carbonyl (C=O) groups is 1. The van der Waals surface area contributed by atoms with Crippen LogP contribution in [0.1, 0.15) is 40.3 Å². The molecule has 2 atom stereocenters. The van der Waals surface area contributed by atoms with Gasteiger partial charge in [0.05, 0.1) is 0 Å². The summed E-state index contributed by atoms with van der Waals surface area (Å²) >= 11 is 0. The summed E-state index contributed by atoms with van der Waals surface area (Å²) < 4.78 is 5.37. The Balaban J connectivity index is 2.49. The minimum absolute atomic E-state index is 0.170. The lowest BCUT2D eigenvalue weighted by molar-refractivity contribution is -0.142. The average molecular weight is 233 g/mol. The molecule has 2 N–H and O–H groups in total. The van der Waals surface area contributed by atoms with E-state index in [-0.39, 0.29) is 12.1 Å². The Labute approximate surface area is 102 Å². The molecular formula is C14H19NO2. The van der Waals surface area contributed by atoms with Crippen LogP contribution in [0.3, 0.4) is 0 Å².